The predicted octanol–water partition coefficient (Wildman–Crippen LogP) is 2.77. The third-order valence-electron chi connectivity index (χ3n) is 3.33. The van der Waals surface area contributed by atoms with E-state index in [4.69, 9.17) is 5.21 Å². The summed E-state index contributed by atoms with van der Waals surface area (Å²) >= 11 is 2.98. The summed E-state index contributed by atoms with van der Waals surface area (Å²) in [5.74, 6) is -0.626. The molecule has 1 aromatic carbocycles. The number of rotatable bonds is 7. The van der Waals surface area contributed by atoms with E-state index in [-0.39, 0.29) is 11.2 Å². The molecule has 0 aliphatic heterocycles. The molecule has 1 unspecified atom stereocenters. The van der Waals surface area contributed by atoms with Crippen LogP contribution in [0.15, 0.2) is 41.8 Å². The maximum Gasteiger partial charge on any atom is 0.256 e. The molecule has 7 heteroatoms. The number of amides is 2. The molecule has 0 spiro atoms. The Balaban J connectivity index is 1.87. The molecule has 0 bridgehead atoms. The first kappa shape index (κ1) is 17.5. The van der Waals surface area contributed by atoms with Crippen LogP contribution in [0.3, 0.4) is 0 Å². The Labute approximate surface area is 143 Å². The number of hydrogen-bond acceptors (Lipinski definition) is 5. The molecule has 0 radical (unpaired) electrons. The van der Waals surface area contributed by atoms with Crippen molar-refractivity contribution in [3.63, 3.8) is 0 Å². The molecule has 3 N–H and O–H groups in total. The van der Waals surface area contributed by atoms with Gasteiger partial charge in [0.2, 0.25) is 0 Å². The van der Waals surface area contributed by atoms with Crippen LogP contribution in [-0.4, -0.2) is 35.1 Å². The molecule has 0 saturated carbocycles. The average Bonchev–Trinajstić information content (AvgIpc) is 3.12. The van der Waals surface area contributed by atoms with Crippen LogP contribution in [0.4, 0.5) is 0 Å². The van der Waals surface area contributed by atoms with E-state index in [1.54, 1.807) is 35.2 Å². The fourth-order valence-corrected chi connectivity index (χ4v) is 3.43. The number of nitrogens with one attached hydrogen (secondary N) is 2. The lowest BCUT2D eigenvalue weighted by Crippen LogP contribution is -2.34. The maximum absolute atomic E-state index is 12.1. The largest absolute Gasteiger partial charge is 0.352 e. The van der Waals surface area contributed by atoms with Crippen molar-refractivity contribution in [3.8, 4) is 10.4 Å². The van der Waals surface area contributed by atoms with E-state index in [9.17, 15) is 9.59 Å². The van der Waals surface area contributed by atoms with E-state index in [0.29, 0.717) is 18.5 Å². The highest BCUT2D eigenvalue weighted by molar-refractivity contribution is 7.99. The van der Waals surface area contributed by atoms with E-state index >= 15 is 0 Å². The van der Waals surface area contributed by atoms with Crippen molar-refractivity contribution in [3.05, 3.63) is 47.3 Å². The van der Waals surface area contributed by atoms with Crippen LogP contribution in [0.5, 0.6) is 0 Å². The van der Waals surface area contributed by atoms with Gasteiger partial charge >= 0.3 is 0 Å². The minimum Gasteiger partial charge on any atom is -0.352 e. The van der Waals surface area contributed by atoms with Crippen LogP contribution < -0.4 is 10.8 Å². The standard InChI is InChI=1S/C16H18N2O3S2/c1-22-14(16(20)18-21)8-9-17-15(19)12-6-4-11(5-7-12)13-3-2-10-23-13/h2-7,10,14,21H,8-9H2,1H3,(H,17,19)(H,18,20). The van der Waals surface area contributed by atoms with Crippen molar-refractivity contribution >= 4 is 34.9 Å². The van der Waals surface area contributed by atoms with Crippen LogP contribution >= 0.6 is 23.1 Å². The van der Waals surface area contributed by atoms with Crippen molar-refractivity contribution < 1.29 is 14.8 Å². The van der Waals surface area contributed by atoms with E-state index in [2.05, 4.69) is 5.32 Å². The summed E-state index contributed by atoms with van der Waals surface area (Å²) in [6, 6.07) is 11.4. The van der Waals surface area contributed by atoms with E-state index in [0.717, 1.165) is 10.4 Å². The summed E-state index contributed by atoms with van der Waals surface area (Å²) in [4.78, 5) is 24.6. The Kier molecular flexibility index (Phi) is 6.64. The van der Waals surface area contributed by atoms with Crippen molar-refractivity contribution in [2.75, 3.05) is 12.8 Å². The Morgan fingerprint density at radius 3 is 2.57 bits per heavy atom. The topological polar surface area (TPSA) is 78.4 Å². The van der Waals surface area contributed by atoms with Crippen LogP contribution in [0.25, 0.3) is 10.4 Å². The number of thiophene rings is 1. The zero-order valence-corrected chi connectivity index (χ0v) is 14.2. The molecule has 2 amide bonds. The van der Waals surface area contributed by atoms with Gasteiger partial charge in [-0.2, -0.15) is 11.8 Å². The van der Waals surface area contributed by atoms with E-state index < -0.39 is 5.91 Å². The zero-order valence-electron chi connectivity index (χ0n) is 12.6. The summed E-state index contributed by atoms with van der Waals surface area (Å²) in [7, 11) is 0. The van der Waals surface area contributed by atoms with E-state index in [1.807, 2.05) is 29.6 Å². The number of thioether (sulfide) groups is 1. The quantitative estimate of drug-likeness (QED) is 0.530. The lowest BCUT2D eigenvalue weighted by atomic mass is 10.1. The van der Waals surface area contributed by atoms with Gasteiger partial charge in [-0.15, -0.1) is 11.3 Å². The SMILES string of the molecule is CSC(CCNC(=O)c1ccc(-c2cccs2)cc1)C(=O)NO. The van der Waals surface area contributed by atoms with Crippen LogP contribution in [0, 0.1) is 0 Å². The van der Waals surface area contributed by atoms with Gasteiger partial charge in [-0.1, -0.05) is 18.2 Å². The molecular formula is C16H18N2O3S2. The van der Waals surface area contributed by atoms with Crippen molar-refractivity contribution in [1.82, 2.24) is 10.8 Å². The lowest BCUT2D eigenvalue weighted by Gasteiger charge is -2.12. The van der Waals surface area contributed by atoms with Gasteiger partial charge in [0, 0.05) is 17.0 Å². The van der Waals surface area contributed by atoms with Crippen LogP contribution in [-0.2, 0) is 4.79 Å². The van der Waals surface area contributed by atoms with Gasteiger partial charge in [-0.3, -0.25) is 14.8 Å². The van der Waals surface area contributed by atoms with Gasteiger partial charge in [0.25, 0.3) is 11.8 Å². The minimum atomic E-state index is -0.452. The lowest BCUT2D eigenvalue weighted by molar-refractivity contribution is -0.128. The third kappa shape index (κ3) is 4.82. The second-order valence-electron chi connectivity index (χ2n) is 4.80. The van der Waals surface area contributed by atoms with Crippen LogP contribution in [0.1, 0.15) is 16.8 Å². The monoisotopic (exact) mass is 350 g/mol. The fourth-order valence-electron chi connectivity index (χ4n) is 2.08. The Morgan fingerprint density at radius 2 is 2.00 bits per heavy atom. The molecule has 0 aliphatic rings. The Hall–Kier alpha value is -1.83. The highest BCUT2D eigenvalue weighted by Gasteiger charge is 2.16. The highest BCUT2D eigenvalue weighted by Crippen LogP contribution is 2.24. The van der Waals surface area contributed by atoms with E-state index in [1.165, 1.54) is 11.8 Å². The number of hydrogen-bond donors (Lipinski definition) is 3. The van der Waals surface area contributed by atoms with Gasteiger partial charge < -0.3 is 5.32 Å². The first-order valence-corrected chi connectivity index (χ1v) is 9.21. The number of carbonyl (C=O) groups is 2. The second-order valence-corrected chi connectivity index (χ2v) is 6.79. The number of hydroxylamine groups is 1. The zero-order chi connectivity index (χ0) is 16.7. The first-order valence-electron chi connectivity index (χ1n) is 7.04. The normalized spacial score (nSPS) is 11.7. The molecule has 0 fully saturated rings. The molecule has 0 saturated heterocycles. The number of benzene rings is 1. The average molecular weight is 350 g/mol. The highest BCUT2D eigenvalue weighted by atomic mass is 32.2. The predicted molar refractivity (Wildman–Crippen MR) is 93.9 cm³/mol. The molecule has 2 aromatic rings. The maximum atomic E-state index is 12.1. The molecule has 122 valence electrons. The summed E-state index contributed by atoms with van der Waals surface area (Å²) < 4.78 is 0. The molecule has 5 nitrogen and oxygen atoms in total. The minimum absolute atomic E-state index is 0.174. The first-order chi connectivity index (χ1) is 11.2. The molecule has 0 aliphatic carbocycles. The molecule has 1 heterocycles. The van der Waals surface area contributed by atoms with Gasteiger partial charge in [-0.05, 0) is 41.8 Å². The second kappa shape index (κ2) is 8.71. The summed E-state index contributed by atoms with van der Waals surface area (Å²) in [6.07, 6.45) is 2.23. The smallest absolute Gasteiger partial charge is 0.256 e. The van der Waals surface area contributed by atoms with Gasteiger partial charge in [0.05, 0.1) is 5.25 Å². The third-order valence-corrected chi connectivity index (χ3v) is 5.27. The van der Waals surface area contributed by atoms with Gasteiger partial charge in [0.1, 0.15) is 0 Å². The number of carbonyl (C=O) groups excluding carboxylic acids is 2. The van der Waals surface area contributed by atoms with Gasteiger partial charge in [-0.25, -0.2) is 5.48 Å². The van der Waals surface area contributed by atoms with Crippen molar-refractivity contribution in [1.29, 1.82) is 0 Å². The Bertz CT molecular complexity index is 642. The van der Waals surface area contributed by atoms with Gasteiger partial charge in [0.15, 0.2) is 0 Å². The summed E-state index contributed by atoms with van der Waals surface area (Å²) in [6.45, 7) is 0.366. The molecule has 1 aromatic heterocycles. The summed E-state index contributed by atoms with van der Waals surface area (Å²) in [5.41, 5.74) is 3.30. The summed E-state index contributed by atoms with van der Waals surface area (Å²) in [5, 5.41) is 13.0. The Morgan fingerprint density at radius 1 is 1.26 bits per heavy atom. The molecule has 2 rings (SSSR count). The van der Waals surface area contributed by atoms with Crippen LogP contribution in [0.2, 0.25) is 0 Å². The fraction of sp³-hybridized carbons (Fsp3) is 0.250. The molecular weight excluding hydrogens is 332 g/mol. The van der Waals surface area contributed by atoms with Crippen molar-refractivity contribution in [2.45, 2.75) is 11.7 Å². The van der Waals surface area contributed by atoms with Crippen molar-refractivity contribution in [2.24, 2.45) is 0 Å². The molecule has 23 heavy (non-hydrogen) atoms. The molecule has 1 atom stereocenters.